The average Bonchev–Trinajstić information content (AvgIpc) is 3.15. The predicted octanol–water partition coefficient (Wildman–Crippen LogP) is 3.23. The Kier molecular flexibility index (Phi) is 22.7. The fraction of sp³-hybridized carbons (Fsp3) is 0.526. The number of hydrogen-bond acceptors (Lipinski definition) is 8. The van der Waals surface area contributed by atoms with Gasteiger partial charge in [0.05, 0.1) is 0 Å². The zero-order valence-corrected chi connectivity index (χ0v) is 32.4. The van der Waals surface area contributed by atoms with Crippen molar-refractivity contribution >= 4 is 52.8 Å². The topological polar surface area (TPSA) is 235 Å². The van der Waals surface area contributed by atoms with Gasteiger partial charge in [-0.2, -0.15) is 0 Å². The van der Waals surface area contributed by atoms with E-state index < -0.39 is 0 Å². The molecule has 2 rings (SSSR count). The lowest BCUT2D eigenvalue weighted by Crippen LogP contribution is -2.43. The van der Waals surface area contributed by atoms with Gasteiger partial charge < -0.3 is 42.5 Å². The van der Waals surface area contributed by atoms with E-state index in [1.807, 2.05) is 24.3 Å². The molecular formula is C38H60ClN11O4. The number of carbonyl (C=O) groups is 4. The van der Waals surface area contributed by atoms with Crippen molar-refractivity contribution in [3.05, 3.63) is 64.7 Å². The number of benzene rings is 2. The Balaban J connectivity index is 1.64. The summed E-state index contributed by atoms with van der Waals surface area (Å²) in [5, 5.41) is 30.6. The van der Waals surface area contributed by atoms with Crippen molar-refractivity contribution in [2.45, 2.75) is 84.2 Å². The van der Waals surface area contributed by atoms with Crippen molar-refractivity contribution < 1.29 is 19.2 Å². The number of carbonyl (C=O) groups excluding carboxylic acids is 4. The second kappa shape index (κ2) is 26.9. The molecule has 0 aliphatic rings. The van der Waals surface area contributed by atoms with Crippen LogP contribution in [-0.2, 0) is 32.3 Å². The summed E-state index contributed by atoms with van der Waals surface area (Å²) in [6.45, 7) is 5.83. The molecule has 0 unspecified atom stereocenters. The Morgan fingerprint density at radius 2 is 1.09 bits per heavy atom. The van der Waals surface area contributed by atoms with Crippen LogP contribution >= 0.6 is 11.6 Å². The van der Waals surface area contributed by atoms with Crippen molar-refractivity contribution in [2.24, 2.45) is 11.5 Å². The van der Waals surface area contributed by atoms with E-state index in [1.165, 1.54) is 0 Å². The molecule has 2 aromatic carbocycles. The molecule has 0 aliphatic heterocycles. The highest BCUT2D eigenvalue weighted by Gasteiger charge is 2.17. The quantitative estimate of drug-likeness (QED) is 0.0409. The van der Waals surface area contributed by atoms with E-state index >= 15 is 0 Å². The first kappa shape index (κ1) is 45.4. The molecule has 54 heavy (non-hydrogen) atoms. The minimum Gasteiger partial charge on any atom is -0.356 e. The number of nitrogens with one attached hydrogen (secondary N) is 7. The molecule has 0 radical (unpaired) electrons. The van der Waals surface area contributed by atoms with E-state index in [1.54, 1.807) is 34.1 Å². The van der Waals surface area contributed by atoms with Gasteiger partial charge in [0.2, 0.25) is 23.6 Å². The first-order valence-corrected chi connectivity index (χ1v) is 19.2. The number of rotatable bonds is 25. The normalized spacial score (nSPS) is 10.6. The molecule has 11 N–H and O–H groups in total. The molecule has 15 nitrogen and oxygen atoms in total. The smallest absolute Gasteiger partial charge is 0.223 e. The number of nitrogens with zero attached hydrogens (tertiary/aromatic N) is 2. The third-order valence-electron chi connectivity index (χ3n) is 8.35. The Labute approximate surface area is 324 Å². The fourth-order valence-electron chi connectivity index (χ4n) is 5.35. The summed E-state index contributed by atoms with van der Waals surface area (Å²) in [5.74, 6) is -0.581. The summed E-state index contributed by atoms with van der Waals surface area (Å²) in [6, 6.07) is 14.6. The molecule has 0 aromatic heterocycles. The Bertz CT molecular complexity index is 1460. The zero-order chi connectivity index (χ0) is 39.6. The van der Waals surface area contributed by atoms with E-state index in [4.69, 9.17) is 33.9 Å². The van der Waals surface area contributed by atoms with Crippen molar-refractivity contribution in [1.29, 1.82) is 10.8 Å². The number of unbranched alkanes of at least 4 members (excludes halogenated alkanes) is 4. The maximum Gasteiger partial charge on any atom is 0.223 e. The van der Waals surface area contributed by atoms with Crippen molar-refractivity contribution in [2.75, 3.05) is 51.1 Å². The maximum atomic E-state index is 13.0. The standard InChI is InChI=1S/C38H60ClN11O4/c1-2-3-22-44-33(51)16-18-35(53)49(25-20-40)27-29-8-10-30(11-9-29)28-50(26-21-41)36(54)19-17-34(52)45-23-6-4-5-7-24-46-37(42)48-38(43)47-32-14-12-31(39)13-15-32/h8-15H,2-7,16-28,40-41H2,1H3,(H,44,51)(H,45,52)(H5,42,43,46,47,48). The molecule has 0 spiro atoms. The van der Waals surface area contributed by atoms with E-state index in [0.29, 0.717) is 69.6 Å². The summed E-state index contributed by atoms with van der Waals surface area (Å²) in [4.78, 5) is 53.6. The molecule has 0 saturated carbocycles. The maximum absolute atomic E-state index is 13.0. The van der Waals surface area contributed by atoms with Crippen LogP contribution in [0.5, 0.6) is 0 Å². The zero-order valence-electron chi connectivity index (χ0n) is 31.6. The van der Waals surface area contributed by atoms with Crippen LogP contribution in [0.3, 0.4) is 0 Å². The van der Waals surface area contributed by atoms with Gasteiger partial charge in [-0.25, -0.2) is 0 Å². The fourth-order valence-corrected chi connectivity index (χ4v) is 5.47. The van der Waals surface area contributed by atoms with Gasteiger partial charge in [-0.05, 0) is 54.7 Å². The van der Waals surface area contributed by atoms with Crippen molar-refractivity contribution in [1.82, 2.24) is 31.1 Å². The van der Waals surface area contributed by atoms with Gasteiger partial charge in [0.1, 0.15) is 0 Å². The SMILES string of the molecule is CCCCNC(=O)CCC(=O)N(CCN)Cc1ccc(CN(CCN)C(=O)CCC(=O)NCCCCCCNC(=N)NC(=N)Nc2ccc(Cl)cc2)cc1. The molecule has 0 aliphatic carbocycles. The molecule has 298 valence electrons. The van der Waals surface area contributed by atoms with Crippen LogP contribution in [-0.4, -0.2) is 91.2 Å². The molecule has 16 heteroatoms. The molecule has 0 heterocycles. The van der Waals surface area contributed by atoms with E-state index in [2.05, 4.69) is 33.5 Å². The number of guanidine groups is 2. The lowest BCUT2D eigenvalue weighted by Gasteiger charge is -2.24. The second-order valence-electron chi connectivity index (χ2n) is 12.9. The minimum absolute atomic E-state index is 0.0268. The number of anilines is 1. The van der Waals surface area contributed by atoms with Crippen LogP contribution in [0.2, 0.25) is 5.02 Å². The van der Waals surface area contributed by atoms with Crippen molar-refractivity contribution in [3.8, 4) is 0 Å². The summed E-state index contributed by atoms with van der Waals surface area (Å²) >= 11 is 5.87. The number of nitrogens with two attached hydrogens (primary N) is 2. The van der Waals surface area contributed by atoms with Crippen LogP contribution in [0.25, 0.3) is 0 Å². The average molecular weight is 770 g/mol. The van der Waals surface area contributed by atoms with Crippen LogP contribution < -0.4 is 38.1 Å². The second-order valence-corrected chi connectivity index (χ2v) is 13.4. The number of halogens is 1. The third kappa shape index (κ3) is 19.9. The van der Waals surface area contributed by atoms with Gasteiger partial charge in [-0.3, -0.25) is 35.3 Å². The van der Waals surface area contributed by atoms with E-state index in [-0.39, 0.29) is 61.2 Å². The Morgan fingerprint density at radius 1 is 0.630 bits per heavy atom. The molecule has 0 fully saturated rings. The van der Waals surface area contributed by atoms with E-state index in [0.717, 1.165) is 49.7 Å². The van der Waals surface area contributed by atoms with E-state index in [9.17, 15) is 19.2 Å². The number of hydrogen-bond donors (Lipinski definition) is 9. The van der Waals surface area contributed by atoms with Gasteiger partial charge >= 0.3 is 0 Å². The highest BCUT2D eigenvalue weighted by Crippen LogP contribution is 2.14. The Hall–Kier alpha value is -4.73. The van der Waals surface area contributed by atoms with Gasteiger partial charge in [0, 0.05) is 95.3 Å². The highest BCUT2D eigenvalue weighted by atomic mass is 35.5. The minimum atomic E-state index is -0.176. The molecule has 2 aromatic rings. The summed E-state index contributed by atoms with van der Waals surface area (Å²) < 4.78 is 0. The monoisotopic (exact) mass is 769 g/mol. The molecule has 0 bridgehead atoms. The Morgan fingerprint density at radius 3 is 1.56 bits per heavy atom. The largest absolute Gasteiger partial charge is 0.356 e. The van der Waals surface area contributed by atoms with Gasteiger partial charge in [-0.15, -0.1) is 0 Å². The molecular weight excluding hydrogens is 710 g/mol. The van der Waals surface area contributed by atoms with Gasteiger partial charge in [0.25, 0.3) is 0 Å². The van der Waals surface area contributed by atoms with Crippen LogP contribution in [0.4, 0.5) is 5.69 Å². The molecule has 0 saturated heterocycles. The van der Waals surface area contributed by atoms with Gasteiger partial charge in [-0.1, -0.05) is 62.1 Å². The third-order valence-corrected chi connectivity index (χ3v) is 8.60. The first-order chi connectivity index (χ1) is 26.0. The summed E-state index contributed by atoms with van der Waals surface area (Å²) in [6.07, 6.45) is 5.76. The highest BCUT2D eigenvalue weighted by molar-refractivity contribution is 6.30. The first-order valence-electron chi connectivity index (χ1n) is 18.8. The lowest BCUT2D eigenvalue weighted by atomic mass is 10.1. The molecule has 0 atom stereocenters. The molecule has 4 amide bonds. The van der Waals surface area contributed by atoms with Crippen LogP contribution in [0.15, 0.2) is 48.5 Å². The predicted molar refractivity (Wildman–Crippen MR) is 215 cm³/mol. The lowest BCUT2D eigenvalue weighted by molar-refractivity contribution is -0.134. The summed E-state index contributed by atoms with van der Waals surface area (Å²) in [5.41, 5.74) is 14.1. The van der Waals surface area contributed by atoms with Crippen molar-refractivity contribution in [3.63, 3.8) is 0 Å². The number of amides is 4. The van der Waals surface area contributed by atoms with Crippen LogP contribution in [0.1, 0.15) is 82.3 Å². The van der Waals surface area contributed by atoms with Gasteiger partial charge in [0.15, 0.2) is 11.9 Å². The van der Waals surface area contributed by atoms with Crippen LogP contribution in [0, 0.1) is 10.8 Å². The summed E-state index contributed by atoms with van der Waals surface area (Å²) in [7, 11) is 0.